The number of benzene rings is 1. The molecule has 1 amide bonds. The summed E-state index contributed by atoms with van der Waals surface area (Å²) in [4.78, 5) is 18.8. The van der Waals surface area contributed by atoms with Gasteiger partial charge in [-0.3, -0.25) is 9.48 Å². The van der Waals surface area contributed by atoms with Crippen LogP contribution >= 0.6 is 11.3 Å². The highest BCUT2D eigenvalue weighted by molar-refractivity contribution is 7.07. The minimum Gasteiger partial charge on any atom is -0.399 e. The molecule has 3 heterocycles. The van der Waals surface area contributed by atoms with Crippen LogP contribution in [-0.2, 0) is 7.05 Å². The zero-order chi connectivity index (χ0) is 21.3. The Bertz CT molecular complexity index is 1040. The van der Waals surface area contributed by atoms with Gasteiger partial charge in [0.15, 0.2) is 0 Å². The number of rotatable bonds is 5. The van der Waals surface area contributed by atoms with Gasteiger partial charge < -0.3 is 21.7 Å². The molecular formula is C20H24FN7OS. The van der Waals surface area contributed by atoms with Crippen molar-refractivity contribution >= 4 is 34.4 Å². The number of halogens is 1. The van der Waals surface area contributed by atoms with Gasteiger partial charge in [0.2, 0.25) is 0 Å². The number of anilines is 3. The van der Waals surface area contributed by atoms with Crippen LogP contribution in [0.3, 0.4) is 0 Å². The number of hydrogen-bond donors (Lipinski definition) is 3. The third-order valence-electron chi connectivity index (χ3n) is 5.45. The van der Waals surface area contributed by atoms with E-state index in [4.69, 9.17) is 11.5 Å². The fraction of sp³-hybridized carbons (Fsp3) is 0.350. The van der Waals surface area contributed by atoms with Crippen molar-refractivity contribution in [2.45, 2.75) is 12.8 Å². The van der Waals surface area contributed by atoms with E-state index in [2.05, 4.69) is 20.3 Å². The van der Waals surface area contributed by atoms with Gasteiger partial charge >= 0.3 is 0 Å². The number of nitrogens with zero attached hydrogens (tertiary/aromatic N) is 4. The number of nitrogen functional groups attached to an aromatic ring is 1. The Morgan fingerprint density at radius 3 is 2.80 bits per heavy atom. The maximum Gasteiger partial charge on any atom is 0.275 e. The van der Waals surface area contributed by atoms with Gasteiger partial charge in [-0.1, -0.05) is 0 Å². The maximum absolute atomic E-state index is 15.1. The summed E-state index contributed by atoms with van der Waals surface area (Å²) in [6.45, 7) is 2.29. The molecule has 158 valence electrons. The third-order valence-corrected chi connectivity index (χ3v) is 6.04. The molecule has 0 spiro atoms. The summed E-state index contributed by atoms with van der Waals surface area (Å²) in [5.41, 5.74) is 14.9. The van der Waals surface area contributed by atoms with Crippen LogP contribution in [0.5, 0.6) is 0 Å². The number of carbonyl (C=O) groups excluding carboxylic acids is 1. The number of thiazole rings is 1. The Labute approximate surface area is 177 Å². The number of hydrogen-bond acceptors (Lipinski definition) is 7. The highest BCUT2D eigenvalue weighted by Gasteiger charge is 2.26. The van der Waals surface area contributed by atoms with Crippen LogP contribution in [-0.4, -0.2) is 40.3 Å². The lowest BCUT2D eigenvalue weighted by molar-refractivity contribution is 0.102. The standard InChI is InChI=1S/C20H24FN7OS/c1-27-20(28-4-2-12(8-22)3-5-28)14(9-25-27)18-15(21)6-13(23)7-16(18)26-19(29)17-10-30-11-24-17/h6-7,9-12H,2-5,8,22-23H2,1H3,(H,26,29). The smallest absolute Gasteiger partial charge is 0.275 e. The number of aromatic nitrogens is 3. The summed E-state index contributed by atoms with van der Waals surface area (Å²) in [6.07, 6.45) is 3.56. The number of nitrogens with one attached hydrogen (secondary N) is 1. The molecule has 1 aliphatic rings. The minimum atomic E-state index is -0.519. The number of nitrogens with two attached hydrogens (primary N) is 2. The Kier molecular flexibility index (Phi) is 5.69. The van der Waals surface area contributed by atoms with Crippen LogP contribution in [0.2, 0.25) is 0 Å². The summed E-state index contributed by atoms with van der Waals surface area (Å²) < 4.78 is 16.9. The largest absolute Gasteiger partial charge is 0.399 e. The molecule has 0 atom stereocenters. The van der Waals surface area contributed by atoms with E-state index < -0.39 is 11.7 Å². The molecule has 0 saturated carbocycles. The van der Waals surface area contributed by atoms with E-state index in [1.54, 1.807) is 27.8 Å². The molecule has 2 aromatic heterocycles. The maximum atomic E-state index is 15.1. The van der Waals surface area contributed by atoms with Crippen LogP contribution in [0.1, 0.15) is 23.3 Å². The number of piperidine rings is 1. The Morgan fingerprint density at radius 2 is 2.13 bits per heavy atom. The predicted octanol–water partition coefficient (Wildman–Crippen LogP) is 2.69. The van der Waals surface area contributed by atoms with E-state index in [1.807, 2.05) is 7.05 Å². The Balaban J connectivity index is 1.73. The summed E-state index contributed by atoms with van der Waals surface area (Å²) in [7, 11) is 1.83. The average molecular weight is 430 g/mol. The van der Waals surface area contributed by atoms with E-state index in [9.17, 15) is 4.79 Å². The molecule has 0 unspecified atom stereocenters. The first kappa shape index (κ1) is 20.3. The molecule has 1 aromatic carbocycles. The van der Waals surface area contributed by atoms with Crippen LogP contribution in [0.25, 0.3) is 11.1 Å². The fourth-order valence-corrected chi connectivity index (χ4v) is 4.41. The molecule has 8 nitrogen and oxygen atoms in total. The van der Waals surface area contributed by atoms with Crippen molar-refractivity contribution in [1.29, 1.82) is 0 Å². The van der Waals surface area contributed by atoms with E-state index in [-0.39, 0.29) is 22.6 Å². The number of carbonyl (C=O) groups is 1. The molecule has 0 radical (unpaired) electrons. The highest BCUT2D eigenvalue weighted by atomic mass is 32.1. The molecule has 0 bridgehead atoms. The Morgan fingerprint density at radius 1 is 1.37 bits per heavy atom. The second-order valence-corrected chi connectivity index (χ2v) is 8.14. The summed E-state index contributed by atoms with van der Waals surface area (Å²) in [5.74, 6) is 0.365. The molecule has 4 rings (SSSR count). The molecule has 1 fully saturated rings. The van der Waals surface area contributed by atoms with Gasteiger partial charge in [-0.25, -0.2) is 9.37 Å². The van der Waals surface area contributed by atoms with Gasteiger partial charge in [0.1, 0.15) is 17.3 Å². The van der Waals surface area contributed by atoms with Gasteiger partial charge in [0, 0.05) is 42.3 Å². The molecule has 30 heavy (non-hydrogen) atoms. The van der Waals surface area contributed by atoms with Gasteiger partial charge in [-0.15, -0.1) is 11.3 Å². The first-order chi connectivity index (χ1) is 14.5. The number of amides is 1. The second kappa shape index (κ2) is 8.41. The van der Waals surface area contributed by atoms with Crippen molar-refractivity contribution in [3.8, 4) is 11.1 Å². The molecule has 1 saturated heterocycles. The van der Waals surface area contributed by atoms with Crippen LogP contribution < -0.4 is 21.7 Å². The van der Waals surface area contributed by atoms with Crippen LogP contribution in [0.15, 0.2) is 29.2 Å². The lowest BCUT2D eigenvalue weighted by Gasteiger charge is -2.33. The fourth-order valence-electron chi connectivity index (χ4n) is 3.87. The van der Waals surface area contributed by atoms with Crippen molar-refractivity contribution < 1.29 is 9.18 Å². The first-order valence-electron chi connectivity index (χ1n) is 9.74. The van der Waals surface area contributed by atoms with Crippen molar-refractivity contribution in [2.24, 2.45) is 18.7 Å². The van der Waals surface area contributed by atoms with Gasteiger partial charge in [0.25, 0.3) is 5.91 Å². The van der Waals surface area contributed by atoms with Gasteiger partial charge in [0.05, 0.1) is 17.4 Å². The van der Waals surface area contributed by atoms with Gasteiger partial charge in [-0.2, -0.15) is 5.10 Å². The van der Waals surface area contributed by atoms with Crippen LogP contribution in [0, 0.1) is 11.7 Å². The lowest BCUT2D eigenvalue weighted by Crippen LogP contribution is -2.37. The molecule has 0 aliphatic carbocycles. The van der Waals surface area contributed by atoms with E-state index in [0.717, 1.165) is 31.7 Å². The SMILES string of the molecule is Cn1ncc(-c2c(F)cc(N)cc2NC(=O)c2cscn2)c1N1CCC(CN)CC1. The van der Waals surface area contributed by atoms with Crippen LogP contribution in [0.4, 0.5) is 21.6 Å². The van der Waals surface area contributed by atoms with E-state index >= 15 is 4.39 Å². The Hall–Kier alpha value is -2.98. The van der Waals surface area contributed by atoms with Crippen molar-refractivity contribution in [1.82, 2.24) is 14.8 Å². The molecule has 5 N–H and O–H groups in total. The quantitative estimate of drug-likeness (QED) is 0.537. The van der Waals surface area contributed by atoms with Crippen molar-refractivity contribution in [3.63, 3.8) is 0 Å². The van der Waals surface area contributed by atoms with E-state index in [1.165, 1.54) is 17.4 Å². The molecule has 1 aliphatic heterocycles. The normalized spacial score (nSPS) is 14.8. The summed E-state index contributed by atoms with van der Waals surface area (Å²) >= 11 is 1.31. The topological polar surface area (TPSA) is 115 Å². The third kappa shape index (κ3) is 3.88. The van der Waals surface area contributed by atoms with Gasteiger partial charge in [-0.05, 0) is 37.4 Å². The summed E-state index contributed by atoms with van der Waals surface area (Å²) in [5, 5.41) is 8.77. The zero-order valence-electron chi connectivity index (χ0n) is 16.6. The first-order valence-corrected chi connectivity index (χ1v) is 10.7. The minimum absolute atomic E-state index is 0.221. The monoisotopic (exact) mass is 429 g/mol. The summed E-state index contributed by atoms with van der Waals surface area (Å²) in [6, 6.07) is 2.81. The van der Waals surface area contributed by atoms with E-state index in [0.29, 0.717) is 18.0 Å². The average Bonchev–Trinajstić information content (AvgIpc) is 3.38. The molecule has 3 aromatic rings. The lowest BCUT2D eigenvalue weighted by atomic mass is 9.96. The highest BCUT2D eigenvalue weighted by Crippen LogP contribution is 2.39. The predicted molar refractivity (Wildman–Crippen MR) is 117 cm³/mol. The molecule has 10 heteroatoms. The molecular weight excluding hydrogens is 405 g/mol. The van der Waals surface area contributed by atoms with Crippen molar-refractivity contribution in [3.05, 3.63) is 40.7 Å². The second-order valence-electron chi connectivity index (χ2n) is 7.42. The van der Waals surface area contributed by atoms with Crippen molar-refractivity contribution in [2.75, 3.05) is 35.6 Å². The zero-order valence-corrected chi connectivity index (χ0v) is 17.5. The number of aryl methyl sites for hydroxylation is 1.